The molecule has 2 aromatic rings. The van der Waals surface area contributed by atoms with Crippen molar-refractivity contribution < 1.29 is 18.0 Å². The van der Waals surface area contributed by atoms with Crippen molar-refractivity contribution in [2.75, 3.05) is 0 Å². The fourth-order valence-corrected chi connectivity index (χ4v) is 1.74. The molecule has 0 atom stereocenters. The molecule has 24 heavy (non-hydrogen) atoms. The molecule has 2 rings (SSSR count). The van der Waals surface area contributed by atoms with Crippen LogP contribution < -0.4 is 11.5 Å². The Labute approximate surface area is 134 Å². The minimum atomic E-state index is -1.40. The molecule has 0 unspecified atom stereocenters. The number of halogens is 3. The molecule has 1 aromatic heterocycles. The normalized spacial score (nSPS) is 12.3. The van der Waals surface area contributed by atoms with Crippen LogP contribution in [0.3, 0.4) is 0 Å². The number of hydrogen-bond acceptors (Lipinski definition) is 5. The van der Waals surface area contributed by atoms with E-state index < -0.39 is 34.6 Å². The van der Waals surface area contributed by atoms with Crippen molar-refractivity contribution in [3.8, 4) is 0 Å². The first-order valence-corrected chi connectivity index (χ1v) is 6.58. The standard InChI is InChI=1S/C15H12F3N5O/c1-7(19)4-12(20)22-13-2-3-21-15(23-13)14(24)8-5-10(17)11(18)6-9(8)16/h2-6H,19H2,1H3,(H2,20,21,22,23)/b7-4-. The topological polar surface area (TPSA) is 107 Å². The maximum atomic E-state index is 13.7. The number of carbonyl (C=O) groups is 1. The second-order valence-electron chi connectivity index (χ2n) is 4.74. The summed E-state index contributed by atoms with van der Waals surface area (Å²) in [4.78, 5) is 23.6. The van der Waals surface area contributed by atoms with Crippen LogP contribution in [0.4, 0.5) is 19.0 Å². The van der Waals surface area contributed by atoms with Gasteiger partial charge < -0.3 is 11.5 Å². The molecular weight excluding hydrogens is 323 g/mol. The molecule has 1 aromatic carbocycles. The highest BCUT2D eigenvalue weighted by molar-refractivity contribution is 6.06. The lowest BCUT2D eigenvalue weighted by molar-refractivity contribution is 0.102. The number of hydrogen-bond donors (Lipinski definition) is 2. The maximum absolute atomic E-state index is 13.7. The van der Waals surface area contributed by atoms with E-state index in [1.807, 2.05) is 0 Å². The second kappa shape index (κ2) is 6.90. The van der Waals surface area contributed by atoms with Crippen LogP contribution in [0, 0.1) is 17.5 Å². The van der Waals surface area contributed by atoms with Crippen molar-refractivity contribution in [2.24, 2.45) is 16.5 Å². The van der Waals surface area contributed by atoms with Crippen LogP contribution in [0.1, 0.15) is 23.1 Å². The van der Waals surface area contributed by atoms with Crippen LogP contribution in [0.5, 0.6) is 0 Å². The molecule has 4 N–H and O–H groups in total. The molecule has 0 spiro atoms. The maximum Gasteiger partial charge on any atom is 0.233 e. The van der Waals surface area contributed by atoms with Crippen molar-refractivity contribution in [3.05, 3.63) is 65.0 Å². The Morgan fingerprint density at radius 1 is 1.17 bits per heavy atom. The van der Waals surface area contributed by atoms with Gasteiger partial charge in [0, 0.05) is 24.0 Å². The SMILES string of the molecule is C/C(N)=C/C(N)=Nc1ccnc(C(=O)c2cc(F)c(F)cc2F)n1. The molecule has 0 bridgehead atoms. The van der Waals surface area contributed by atoms with Crippen molar-refractivity contribution in [1.29, 1.82) is 0 Å². The van der Waals surface area contributed by atoms with Gasteiger partial charge in [-0.25, -0.2) is 28.1 Å². The second-order valence-corrected chi connectivity index (χ2v) is 4.74. The number of amidine groups is 1. The van der Waals surface area contributed by atoms with Crippen LogP contribution in [-0.2, 0) is 0 Å². The number of nitrogens with two attached hydrogens (primary N) is 2. The molecule has 0 radical (unpaired) electrons. The Balaban J connectivity index is 2.40. The van der Waals surface area contributed by atoms with Gasteiger partial charge in [0.05, 0.1) is 5.56 Å². The lowest BCUT2D eigenvalue weighted by atomic mass is 10.1. The highest BCUT2D eigenvalue weighted by atomic mass is 19.2. The molecule has 9 heteroatoms. The number of nitrogens with zero attached hydrogens (tertiary/aromatic N) is 3. The van der Waals surface area contributed by atoms with Gasteiger partial charge in [0.1, 0.15) is 11.7 Å². The Kier molecular flexibility index (Phi) is 4.93. The van der Waals surface area contributed by atoms with E-state index in [1.54, 1.807) is 6.92 Å². The Morgan fingerprint density at radius 2 is 1.83 bits per heavy atom. The smallest absolute Gasteiger partial charge is 0.233 e. The van der Waals surface area contributed by atoms with E-state index in [-0.39, 0.29) is 17.7 Å². The molecule has 0 amide bonds. The predicted octanol–water partition coefficient (Wildman–Crippen LogP) is 1.98. The van der Waals surface area contributed by atoms with Crippen molar-refractivity contribution in [2.45, 2.75) is 6.92 Å². The first kappa shape index (κ1) is 17.1. The van der Waals surface area contributed by atoms with Crippen molar-refractivity contribution >= 4 is 17.4 Å². The van der Waals surface area contributed by atoms with Crippen LogP contribution in [0.25, 0.3) is 0 Å². The summed E-state index contributed by atoms with van der Waals surface area (Å²) in [5, 5.41) is 0. The first-order valence-electron chi connectivity index (χ1n) is 6.58. The van der Waals surface area contributed by atoms with Crippen LogP contribution in [0.2, 0.25) is 0 Å². The third-order valence-electron chi connectivity index (χ3n) is 2.72. The fourth-order valence-electron chi connectivity index (χ4n) is 1.74. The Bertz CT molecular complexity index is 860. The van der Waals surface area contributed by atoms with Gasteiger partial charge in [0.25, 0.3) is 0 Å². The Morgan fingerprint density at radius 3 is 2.50 bits per heavy atom. The lowest BCUT2D eigenvalue weighted by Gasteiger charge is -2.03. The van der Waals surface area contributed by atoms with E-state index in [4.69, 9.17) is 11.5 Å². The third-order valence-corrected chi connectivity index (χ3v) is 2.72. The molecule has 0 saturated carbocycles. The number of aromatic nitrogens is 2. The molecule has 0 saturated heterocycles. The monoisotopic (exact) mass is 335 g/mol. The van der Waals surface area contributed by atoms with E-state index in [0.717, 1.165) is 0 Å². The summed E-state index contributed by atoms with van der Waals surface area (Å²) in [5.74, 6) is -5.40. The zero-order valence-corrected chi connectivity index (χ0v) is 12.4. The molecular formula is C15H12F3N5O. The minimum Gasteiger partial charge on any atom is -0.402 e. The lowest BCUT2D eigenvalue weighted by Crippen LogP contribution is -2.12. The number of aliphatic imine (C=N–C) groups is 1. The highest BCUT2D eigenvalue weighted by Gasteiger charge is 2.20. The van der Waals surface area contributed by atoms with Gasteiger partial charge in [-0.1, -0.05) is 0 Å². The van der Waals surface area contributed by atoms with Crippen molar-refractivity contribution in [1.82, 2.24) is 9.97 Å². The number of carbonyl (C=O) groups excluding carboxylic acids is 1. The number of benzene rings is 1. The van der Waals surface area contributed by atoms with Gasteiger partial charge in [-0.05, 0) is 19.1 Å². The summed E-state index contributed by atoms with van der Waals surface area (Å²) in [6.07, 6.45) is 2.57. The quantitative estimate of drug-likeness (QED) is 0.384. The van der Waals surface area contributed by atoms with Gasteiger partial charge in [0.2, 0.25) is 11.6 Å². The first-order chi connectivity index (χ1) is 11.3. The Hall–Kier alpha value is -3.23. The molecule has 0 aliphatic carbocycles. The molecule has 0 aliphatic rings. The number of rotatable bonds is 4. The van der Waals surface area contributed by atoms with E-state index >= 15 is 0 Å². The van der Waals surface area contributed by atoms with Gasteiger partial charge >= 0.3 is 0 Å². The van der Waals surface area contributed by atoms with E-state index in [9.17, 15) is 18.0 Å². The zero-order chi connectivity index (χ0) is 17.9. The molecule has 124 valence electrons. The van der Waals surface area contributed by atoms with Crippen molar-refractivity contribution in [3.63, 3.8) is 0 Å². The van der Waals surface area contributed by atoms with Gasteiger partial charge in [-0.2, -0.15) is 0 Å². The van der Waals surface area contributed by atoms with E-state index in [0.29, 0.717) is 11.8 Å². The van der Waals surface area contributed by atoms with Crippen LogP contribution in [0.15, 0.2) is 41.2 Å². The van der Waals surface area contributed by atoms with Crippen LogP contribution >= 0.6 is 0 Å². The fraction of sp³-hybridized carbons (Fsp3) is 0.0667. The minimum absolute atomic E-state index is 0.0198. The van der Waals surface area contributed by atoms with Crippen LogP contribution in [-0.4, -0.2) is 21.6 Å². The summed E-state index contributed by atoms with van der Waals surface area (Å²) in [5.41, 5.74) is 10.8. The third kappa shape index (κ3) is 3.94. The molecule has 0 fully saturated rings. The molecule has 1 heterocycles. The number of allylic oxidation sites excluding steroid dienone is 1. The molecule has 0 aliphatic heterocycles. The van der Waals surface area contributed by atoms with Gasteiger partial charge in [0.15, 0.2) is 17.5 Å². The van der Waals surface area contributed by atoms with Gasteiger partial charge in [-0.15, -0.1) is 0 Å². The summed E-state index contributed by atoms with van der Waals surface area (Å²) < 4.78 is 39.8. The predicted molar refractivity (Wildman–Crippen MR) is 81.0 cm³/mol. The summed E-state index contributed by atoms with van der Waals surface area (Å²) >= 11 is 0. The summed E-state index contributed by atoms with van der Waals surface area (Å²) in [6, 6.07) is 2.07. The average molecular weight is 335 g/mol. The summed E-state index contributed by atoms with van der Waals surface area (Å²) in [7, 11) is 0. The number of ketones is 1. The summed E-state index contributed by atoms with van der Waals surface area (Å²) in [6.45, 7) is 1.60. The van der Waals surface area contributed by atoms with E-state index in [1.165, 1.54) is 18.3 Å². The zero-order valence-electron chi connectivity index (χ0n) is 12.4. The largest absolute Gasteiger partial charge is 0.402 e. The highest BCUT2D eigenvalue weighted by Crippen LogP contribution is 2.17. The van der Waals surface area contributed by atoms with Gasteiger partial charge in [-0.3, -0.25) is 4.79 Å². The average Bonchev–Trinajstić information content (AvgIpc) is 2.49. The van der Waals surface area contributed by atoms with E-state index in [2.05, 4.69) is 15.0 Å². The molecule has 6 nitrogen and oxygen atoms in total.